The van der Waals surface area contributed by atoms with Crippen molar-refractivity contribution in [2.75, 3.05) is 11.4 Å². The van der Waals surface area contributed by atoms with Gasteiger partial charge in [-0.25, -0.2) is 0 Å². The Morgan fingerprint density at radius 2 is 1.96 bits per heavy atom. The summed E-state index contributed by atoms with van der Waals surface area (Å²) in [6, 6.07) is 9.48. The Balaban J connectivity index is 1.97. The quantitative estimate of drug-likeness (QED) is 0.667. The van der Waals surface area contributed by atoms with E-state index in [4.69, 9.17) is 0 Å². The fourth-order valence-electron chi connectivity index (χ4n) is 3.79. The first-order chi connectivity index (χ1) is 12.5. The number of carbonyl (C=O) groups is 2. The summed E-state index contributed by atoms with van der Waals surface area (Å²) < 4.78 is 0. The zero-order valence-electron chi connectivity index (χ0n) is 15.4. The van der Waals surface area contributed by atoms with Gasteiger partial charge < -0.3 is 10.2 Å². The number of hydrogen-bond donors (Lipinski definition) is 1. The number of nitrogens with zero attached hydrogens (tertiary/aromatic N) is 2. The second-order valence-electron chi connectivity index (χ2n) is 7.50. The summed E-state index contributed by atoms with van der Waals surface area (Å²) in [6.45, 7) is 4.64. The molecule has 1 aromatic carbocycles. The molecule has 2 amide bonds. The van der Waals surface area contributed by atoms with E-state index in [9.17, 15) is 14.9 Å². The maximum absolute atomic E-state index is 13.0. The van der Waals surface area contributed by atoms with Gasteiger partial charge in [-0.1, -0.05) is 51.3 Å². The van der Waals surface area contributed by atoms with Crippen molar-refractivity contribution < 1.29 is 9.59 Å². The average molecular weight is 351 g/mol. The molecule has 0 unspecified atom stereocenters. The van der Waals surface area contributed by atoms with Gasteiger partial charge in [0.15, 0.2) is 0 Å². The van der Waals surface area contributed by atoms with Gasteiger partial charge in [-0.2, -0.15) is 5.26 Å². The van der Waals surface area contributed by atoms with Gasteiger partial charge in [-0.3, -0.25) is 9.59 Å². The largest absolute Gasteiger partial charge is 0.349 e. The van der Waals surface area contributed by atoms with Gasteiger partial charge in [0, 0.05) is 18.2 Å². The van der Waals surface area contributed by atoms with Crippen LogP contribution in [-0.2, 0) is 9.59 Å². The average Bonchev–Trinajstić information content (AvgIpc) is 2.89. The Morgan fingerprint density at radius 3 is 2.62 bits per heavy atom. The molecule has 5 heteroatoms. The first kappa shape index (κ1) is 18.2. The van der Waals surface area contributed by atoms with Crippen LogP contribution in [-0.4, -0.2) is 24.4 Å². The molecule has 5 nitrogen and oxygen atoms in total. The number of para-hydroxylation sites is 1. The van der Waals surface area contributed by atoms with Gasteiger partial charge in [0.25, 0.3) is 11.8 Å². The molecule has 1 saturated carbocycles. The molecule has 2 aliphatic rings. The van der Waals surface area contributed by atoms with Crippen molar-refractivity contribution in [3.8, 4) is 6.07 Å². The highest BCUT2D eigenvalue weighted by Crippen LogP contribution is 2.38. The molecule has 0 bridgehead atoms. The van der Waals surface area contributed by atoms with Crippen LogP contribution in [0, 0.1) is 17.2 Å². The molecule has 3 rings (SSSR count). The lowest BCUT2D eigenvalue weighted by molar-refractivity contribution is -0.118. The van der Waals surface area contributed by atoms with Crippen LogP contribution in [0.2, 0.25) is 0 Å². The van der Waals surface area contributed by atoms with Crippen molar-refractivity contribution in [3.63, 3.8) is 0 Å². The number of anilines is 1. The van der Waals surface area contributed by atoms with Gasteiger partial charge in [0.05, 0.1) is 11.3 Å². The molecule has 26 heavy (non-hydrogen) atoms. The van der Waals surface area contributed by atoms with E-state index in [1.165, 1.54) is 6.42 Å². The van der Waals surface area contributed by atoms with E-state index >= 15 is 0 Å². The molecule has 1 fully saturated rings. The second-order valence-corrected chi connectivity index (χ2v) is 7.50. The summed E-state index contributed by atoms with van der Waals surface area (Å²) in [5, 5.41) is 12.6. The zero-order chi connectivity index (χ0) is 18.7. The molecule has 1 aliphatic heterocycles. The van der Waals surface area contributed by atoms with Crippen LogP contribution >= 0.6 is 0 Å². The van der Waals surface area contributed by atoms with Crippen molar-refractivity contribution in [1.82, 2.24) is 5.32 Å². The van der Waals surface area contributed by atoms with Crippen LogP contribution in [0.5, 0.6) is 0 Å². The molecule has 0 saturated heterocycles. The normalized spacial score (nSPS) is 19.3. The van der Waals surface area contributed by atoms with Crippen LogP contribution in [0.1, 0.15) is 51.5 Å². The first-order valence-electron chi connectivity index (χ1n) is 9.39. The van der Waals surface area contributed by atoms with Gasteiger partial charge in [-0.15, -0.1) is 0 Å². The summed E-state index contributed by atoms with van der Waals surface area (Å²) in [5.74, 6) is -0.396. The summed E-state index contributed by atoms with van der Waals surface area (Å²) in [5.41, 5.74) is 1.62. The molecule has 0 aromatic heterocycles. The molecule has 0 spiro atoms. The van der Waals surface area contributed by atoms with E-state index in [0.717, 1.165) is 31.4 Å². The van der Waals surface area contributed by atoms with E-state index in [0.29, 0.717) is 12.1 Å². The third kappa shape index (κ3) is 3.50. The van der Waals surface area contributed by atoms with Gasteiger partial charge >= 0.3 is 0 Å². The van der Waals surface area contributed by atoms with Crippen LogP contribution in [0.15, 0.2) is 29.8 Å². The van der Waals surface area contributed by atoms with Crippen LogP contribution < -0.4 is 10.2 Å². The van der Waals surface area contributed by atoms with Gasteiger partial charge in [-0.05, 0) is 24.8 Å². The molecule has 1 N–H and O–H groups in total. The Morgan fingerprint density at radius 1 is 1.27 bits per heavy atom. The molecule has 1 aliphatic carbocycles. The minimum atomic E-state index is -0.427. The standard InChI is InChI=1S/C21H25N3O2/c1-14(2)13-24-18-11-7-6-10-16(18)19(21(24)26)17(12-22)20(25)23-15-8-4-3-5-9-15/h6-7,10-11,14-15H,3-5,8-9,13H2,1-2H3,(H,23,25)/b19-17-. The van der Waals surface area contributed by atoms with Crippen molar-refractivity contribution in [2.45, 2.75) is 52.0 Å². The molecule has 1 aromatic rings. The van der Waals surface area contributed by atoms with Gasteiger partial charge in [0.2, 0.25) is 0 Å². The van der Waals surface area contributed by atoms with E-state index in [1.54, 1.807) is 4.90 Å². The molecule has 1 heterocycles. The minimum Gasteiger partial charge on any atom is -0.349 e. The Hall–Kier alpha value is -2.61. The zero-order valence-corrected chi connectivity index (χ0v) is 15.4. The van der Waals surface area contributed by atoms with Gasteiger partial charge in [0.1, 0.15) is 11.6 Å². The SMILES string of the molecule is CC(C)CN1C(=O)/C(=C(/C#N)C(=O)NC2CCCCC2)c2ccccc21. The number of nitrogens with one attached hydrogen (secondary N) is 1. The second kappa shape index (κ2) is 7.74. The number of amides is 2. The third-order valence-corrected chi connectivity index (χ3v) is 5.00. The fourth-order valence-corrected chi connectivity index (χ4v) is 3.79. The van der Waals surface area contributed by atoms with E-state index < -0.39 is 5.91 Å². The Kier molecular flexibility index (Phi) is 5.41. The number of fused-ring (bicyclic) bond motifs is 1. The molecule has 0 atom stereocenters. The highest BCUT2D eigenvalue weighted by molar-refractivity contribution is 6.37. The van der Waals surface area contributed by atoms with Crippen LogP contribution in [0.4, 0.5) is 5.69 Å². The number of nitriles is 1. The van der Waals surface area contributed by atoms with Crippen molar-refractivity contribution >= 4 is 23.1 Å². The lowest BCUT2D eigenvalue weighted by Gasteiger charge is -2.22. The minimum absolute atomic E-state index is 0.0701. The van der Waals surface area contributed by atoms with E-state index in [1.807, 2.05) is 44.2 Å². The molecular weight excluding hydrogens is 326 g/mol. The van der Waals surface area contributed by atoms with E-state index in [2.05, 4.69) is 5.32 Å². The Labute approximate surface area is 154 Å². The predicted molar refractivity (Wildman–Crippen MR) is 101 cm³/mol. The predicted octanol–water partition coefficient (Wildman–Crippen LogP) is 3.42. The van der Waals surface area contributed by atoms with Crippen molar-refractivity contribution in [2.24, 2.45) is 5.92 Å². The number of benzene rings is 1. The maximum atomic E-state index is 13.0. The van der Waals surface area contributed by atoms with Crippen LogP contribution in [0.3, 0.4) is 0 Å². The van der Waals surface area contributed by atoms with Crippen LogP contribution in [0.25, 0.3) is 5.57 Å². The van der Waals surface area contributed by atoms with Crippen molar-refractivity contribution in [1.29, 1.82) is 5.26 Å². The Bertz CT molecular complexity index is 783. The molecule has 136 valence electrons. The van der Waals surface area contributed by atoms with E-state index in [-0.39, 0.29) is 29.0 Å². The fraction of sp³-hybridized carbons (Fsp3) is 0.476. The third-order valence-electron chi connectivity index (χ3n) is 5.00. The number of carbonyl (C=O) groups excluding carboxylic acids is 2. The summed E-state index contributed by atoms with van der Waals surface area (Å²) in [4.78, 5) is 27.5. The highest BCUT2D eigenvalue weighted by atomic mass is 16.2. The van der Waals surface area contributed by atoms with Crippen molar-refractivity contribution in [3.05, 3.63) is 35.4 Å². The number of rotatable bonds is 4. The first-order valence-corrected chi connectivity index (χ1v) is 9.39. The summed E-state index contributed by atoms with van der Waals surface area (Å²) >= 11 is 0. The topological polar surface area (TPSA) is 73.2 Å². The molecular formula is C21H25N3O2. The highest BCUT2D eigenvalue weighted by Gasteiger charge is 2.36. The smallest absolute Gasteiger partial charge is 0.263 e. The summed E-state index contributed by atoms with van der Waals surface area (Å²) in [7, 11) is 0. The number of hydrogen-bond acceptors (Lipinski definition) is 3. The molecule has 0 radical (unpaired) electrons. The lowest BCUT2D eigenvalue weighted by Crippen LogP contribution is -2.37. The monoisotopic (exact) mass is 351 g/mol. The maximum Gasteiger partial charge on any atom is 0.263 e. The lowest BCUT2D eigenvalue weighted by atomic mass is 9.94. The summed E-state index contributed by atoms with van der Waals surface area (Å²) in [6.07, 6.45) is 5.24.